The van der Waals surface area contributed by atoms with Crippen molar-refractivity contribution in [1.29, 1.82) is 0 Å². The zero-order chi connectivity index (χ0) is 21.1. The van der Waals surface area contributed by atoms with Gasteiger partial charge in [-0.2, -0.15) is 0 Å². The van der Waals surface area contributed by atoms with Gasteiger partial charge in [0.15, 0.2) is 0 Å². The van der Waals surface area contributed by atoms with E-state index in [1.54, 1.807) is 18.9 Å². The second kappa shape index (κ2) is 8.55. The summed E-state index contributed by atoms with van der Waals surface area (Å²) in [5.41, 5.74) is 2.78. The highest BCUT2D eigenvalue weighted by Crippen LogP contribution is 2.37. The zero-order valence-electron chi connectivity index (χ0n) is 16.6. The van der Waals surface area contributed by atoms with Gasteiger partial charge < -0.3 is 23.8 Å². The molecular weight excluding hydrogens is 416 g/mol. The lowest BCUT2D eigenvalue weighted by atomic mass is 10.1. The number of ether oxygens (including phenoxy) is 3. The van der Waals surface area contributed by atoms with Gasteiger partial charge >= 0.3 is 0 Å². The molecule has 1 saturated heterocycles. The Hall–Kier alpha value is -3.13. The molecule has 0 amide bonds. The van der Waals surface area contributed by atoms with Gasteiger partial charge in [0.05, 0.1) is 31.5 Å². The van der Waals surface area contributed by atoms with Crippen molar-refractivity contribution in [3.8, 4) is 17.0 Å². The molecule has 2 aromatic heterocycles. The van der Waals surface area contributed by atoms with Crippen LogP contribution in [-0.2, 0) is 21.8 Å². The van der Waals surface area contributed by atoms with Crippen LogP contribution in [0.15, 0.2) is 79.8 Å². The summed E-state index contributed by atoms with van der Waals surface area (Å²) < 4.78 is 20.5. The van der Waals surface area contributed by atoms with Crippen LogP contribution in [0, 0.1) is 0 Å². The van der Waals surface area contributed by atoms with E-state index in [9.17, 15) is 0 Å². The minimum Gasteiger partial charge on any atom is -0.491 e. The molecule has 2 aromatic carbocycles. The largest absolute Gasteiger partial charge is 0.491 e. The second-order valence-electron chi connectivity index (χ2n) is 7.34. The normalized spacial score (nSPS) is 20.7. The van der Waals surface area contributed by atoms with Crippen LogP contribution in [0.2, 0.25) is 5.02 Å². The minimum atomic E-state index is -0.955. The number of hydrogen-bond acceptors (Lipinski definition) is 5. The van der Waals surface area contributed by atoms with Gasteiger partial charge in [-0.25, -0.2) is 9.97 Å². The number of aromatic amines is 1. The molecule has 0 aliphatic carbocycles. The molecule has 0 saturated carbocycles. The van der Waals surface area contributed by atoms with E-state index in [1.165, 1.54) is 0 Å². The number of halogens is 1. The molecule has 0 bridgehead atoms. The zero-order valence-corrected chi connectivity index (χ0v) is 17.4. The predicted molar refractivity (Wildman–Crippen MR) is 116 cm³/mol. The third-order valence-corrected chi connectivity index (χ3v) is 5.39. The van der Waals surface area contributed by atoms with Crippen LogP contribution in [0.5, 0.6) is 5.75 Å². The molecule has 1 aliphatic rings. The van der Waals surface area contributed by atoms with Gasteiger partial charge in [-0.3, -0.25) is 0 Å². The van der Waals surface area contributed by atoms with E-state index in [4.69, 9.17) is 25.8 Å². The summed E-state index contributed by atoms with van der Waals surface area (Å²) in [4.78, 5) is 11.3. The average molecular weight is 437 g/mol. The number of rotatable bonds is 7. The highest BCUT2D eigenvalue weighted by molar-refractivity contribution is 6.30. The summed E-state index contributed by atoms with van der Waals surface area (Å²) >= 11 is 6.23. The molecule has 2 unspecified atom stereocenters. The number of hydrogen-bond donors (Lipinski definition) is 1. The van der Waals surface area contributed by atoms with Crippen molar-refractivity contribution < 1.29 is 14.2 Å². The molecular formula is C23H21ClN4O3. The summed E-state index contributed by atoms with van der Waals surface area (Å²) in [7, 11) is 0. The standard InChI is InChI=1S/C23H21ClN4O3/c24-19-3-1-2-18(10-19)23(14-28-9-8-25-16-28)30-13-21(31-23)12-29-20-6-4-17(5-7-20)22-11-26-15-27-22/h1-11,15-16,21H,12-14H2,(H,26,27). The molecule has 5 rings (SSSR count). The summed E-state index contributed by atoms with van der Waals surface area (Å²) in [5.74, 6) is -0.193. The van der Waals surface area contributed by atoms with Crippen LogP contribution in [0.25, 0.3) is 11.3 Å². The van der Waals surface area contributed by atoms with E-state index in [2.05, 4.69) is 15.0 Å². The Morgan fingerprint density at radius 3 is 2.87 bits per heavy atom. The van der Waals surface area contributed by atoms with Gasteiger partial charge in [-0.05, 0) is 36.4 Å². The Labute approximate surface area is 184 Å². The highest BCUT2D eigenvalue weighted by Gasteiger charge is 2.44. The molecule has 0 radical (unpaired) electrons. The number of aromatic nitrogens is 4. The Balaban J connectivity index is 1.28. The van der Waals surface area contributed by atoms with E-state index in [0.29, 0.717) is 24.8 Å². The minimum absolute atomic E-state index is 0.228. The van der Waals surface area contributed by atoms with Crippen LogP contribution in [0.4, 0.5) is 0 Å². The van der Waals surface area contributed by atoms with Crippen LogP contribution >= 0.6 is 11.6 Å². The molecule has 31 heavy (non-hydrogen) atoms. The van der Waals surface area contributed by atoms with Crippen molar-refractivity contribution in [2.24, 2.45) is 0 Å². The Kier molecular flexibility index (Phi) is 5.46. The smallest absolute Gasteiger partial charge is 0.214 e. The van der Waals surface area contributed by atoms with Crippen molar-refractivity contribution in [3.63, 3.8) is 0 Å². The highest BCUT2D eigenvalue weighted by atomic mass is 35.5. The Morgan fingerprint density at radius 1 is 1.23 bits per heavy atom. The topological polar surface area (TPSA) is 74.2 Å². The molecule has 8 heteroatoms. The van der Waals surface area contributed by atoms with Crippen LogP contribution in [-0.4, -0.2) is 38.8 Å². The fraction of sp³-hybridized carbons (Fsp3) is 0.217. The van der Waals surface area contributed by atoms with Gasteiger partial charge in [-0.15, -0.1) is 0 Å². The van der Waals surface area contributed by atoms with Crippen molar-refractivity contribution in [3.05, 3.63) is 90.4 Å². The van der Waals surface area contributed by atoms with E-state index in [0.717, 1.165) is 22.6 Å². The molecule has 3 heterocycles. The molecule has 2 atom stereocenters. The average Bonchev–Trinajstić information content (AvgIpc) is 3.56. The summed E-state index contributed by atoms with van der Waals surface area (Å²) in [6, 6.07) is 15.4. The molecule has 158 valence electrons. The number of nitrogens with zero attached hydrogens (tertiary/aromatic N) is 3. The fourth-order valence-corrected chi connectivity index (χ4v) is 3.84. The first-order chi connectivity index (χ1) is 15.2. The first-order valence-corrected chi connectivity index (χ1v) is 10.3. The number of nitrogens with one attached hydrogen (secondary N) is 1. The summed E-state index contributed by atoms with van der Waals surface area (Å²) in [6.07, 6.45) is 8.64. The molecule has 4 aromatic rings. The molecule has 7 nitrogen and oxygen atoms in total. The van der Waals surface area contributed by atoms with Gasteiger partial charge in [0, 0.05) is 34.7 Å². The first-order valence-electron chi connectivity index (χ1n) is 9.96. The van der Waals surface area contributed by atoms with Crippen molar-refractivity contribution in [2.45, 2.75) is 18.4 Å². The molecule has 1 N–H and O–H groups in total. The maximum atomic E-state index is 6.40. The van der Waals surface area contributed by atoms with Crippen LogP contribution in [0.1, 0.15) is 5.56 Å². The monoisotopic (exact) mass is 436 g/mol. The van der Waals surface area contributed by atoms with Crippen LogP contribution < -0.4 is 4.74 Å². The van der Waals surface area contributed by atoms with E-state index < -0.39 is 5.79 Å². The predicted octanol–water partition coefficient (Wildman–Crippen LogP) is 4.27. The molecule has 1 fully saturated rings. The van der Waals surface area contributed by atoms with Crippen molar-refractivity contribution in [1.82, 2.24) is 19.5 Å². The summed E-state index contributed by atoms with van der Waals surface area (Å²) in [6.45, 7) is 1.24. The maximum absolute atomic E-state index is 6.40. The Morgan fingerprint density at radius 2 is 2.13 bits per heavy atom. The SMILES string of the molecule is Clc1cccc(C2(Cn3ccnc3)OCC(COc3ccc(-c4c[nH]cn4)cc3)O2)c1. The summed E-state index contributed by atoms with van der Waals surface area (Å²) in [5, 5.41) is 0.631. The lowest BCUT2D eigenvalue weighted by molar-refractivity contribution is -0.189. The van der Waals surface area contributed by atoms with Gasteiger partial charge in [-0.1, -0.05) is 23.7 Å². The maximum Gasteiger partial charge on any atom is 0.214 e. The number of benzene rings is 2. The van der Waals surface area contributed by atoms with E-state index in [1.807, 2.05) is 65.5 Å². The second-order valence-corrected chi connectivity index (χ2v) is 7.78. The number of H-pyrrole nitrogens is 1. The first kappa shape index (κ1) is 19.8. The number of imidazole rings is 2. The lowest BCUT2D eigenvalue weighted by Crippen LogP contribution is -2.34. The van der Waals surface area contributed by atoms with Crippen molar-refractivity contribution in [2.75, 3.05) is 13.2 Å². The third kappa shape index (κ3) is 4.34. The van der Waals surface area contributed by atoms with E-state index in [-0.39, 0.29) is 6.10 Å². The van der Waals surface area contributed by atoms with E-state index >= 15 is 0 Å². The third-order valence-electron chi connectivity index (χ3n) is 5.16. The molecule has 1 aliphatic heterocycles. The molecule has 0 spiro atoms. The Bertz CT molecular complexity index is 1120. The van der Waals surface area contributed by atoms with Gasteiger partial charge in [0.2, 0.25) is 5.79 Å². The van der Waals surface area contributed by atoms with Crippen LogP contribution in [0.3, 0.4) is 0 Å². The fourth-order valence-electron chi connectivity index (χ4n) is 3.65. The van der Waals surface area contributed by atoms with Gasteiger partial charge in [0.1, 0.15) is 18.5 Å². The van der Waals surface area contributed by atoms with Crippen molar-refractivity contribution >= 4 is 11.6 Å². The quantitative estimate of drug-likeness (QED) is 0.468. The van der Waals surface area contributed by atoms with Gasteiger partial charge in [0.25, 0.3) is 0 Å². The lowest BCUT2D eigenvalue weighted by Gasteiger charge is -2.29.